The summed E-state index contributed by atoms with van der Waals surface area (Å²) in [6.07, 6.45) is 1.77. The van der Waals surface area contributed by atoms with E-state index in [4.69, 9.17) is 23.1 Å². The van der Waals surface area contributed by atoms with Crippen LogP contribution in [0.2, 0.25) is 5.15 Å². The first-order chi connectivity index (χ1) is 9.95. The Balaban J connectivity index is 2.54. The fourth-order valence-corrected chi connectivity index (χ4v) is 1.26. The summed E-state index contributed by atoms with van der Waals surface area (Å²) in [5.41, 5.74) is 12.8. The summed E-state index contributed by atoms with van der Waals surface area (Å²) >= 11 is 5.65. The van der Waals surface area contributed by atoms with Gasteiger partial charge in [-0.3, -0.25) is 4.79 Å². The standard InChI is InChI=1S/C10H15ClN8O2/c1-2-3-14-10(21)19-16-4-15-9(20)5-7(12)18-8(13)6(11)17-5/h4H,2-3H2,1H3,(H4,12,13,18)(H2,14,19,21)(H,15,16,20). The number of nitrogens with one attached hydrogen (secondary N) is 3. The third-order valence-corrected chi connectivity index (χ3v) is 2.36. The first-order valence-corrected chi connectivity index (χ1v) is 6.28. The number of nitrogens with zero attached hydrogens (tertiary/aromatic N) is 3. The van der Waals surface area contributed by atoms with Crippen molar-refractivity contribution >= 4 is 41.5 Å². The average molecular weight is 315 g/mol. The van der Waals surface area contributed by atoms with Crippen LogP contribution in [0.4, 0.5) is 16.4 Å². The third-order valence-electron chi connectivity index (χ3n) is 2.08. The predicted molar refractivity (Wildman–Crippen MR) is 78.7 cm³/mol. The number of hydrazone groups is 1. The number of nitrogens with two attached hydrogens (primary N) is 2. The molecule has 11 heteroatoms. The van der Waals surface area contributed by atoms with Gasteiger partial charge in [-0.1, -0.05) is 18.5 Å². The van der Waals surface area contributed by atoms with E-state index in [1.54, 1.807) is 0 Å². The highest BCUT2D eigenvalue weighted by Crippen LogP contribution is 2.16. The Morgan fingerprint density at radius 1 is 1.33 bits per heavy atom. The van der Waals surface area contributed by atoms with Crippen LogP contribution in [0, 0.1) is 0 Å². The molecule has 0 aliphatic heterocycles. The van der Waals surface area contributed by atoms with Crippen molar-refractivity contribution in [2.45, 2.75) is 13.3 Å². The molecule has 21 heavy (non-hydrogen) atoms. The normalized spacial score (nSPS) is 10.4. The number of rotatable bonds is 5. The minimum Gasteiger partial charge on any atom is -0.382 e. The van der Waals surface area contributed by atoms with Crippen LogP contribution in [-0.4, -0.2) is 34.8 Å². The minimum absolute atomic E-state index is 0.0753. The van der Waals surface area contributed by atoms with Gasteiger partial charge in [-0.15, -0.1) is 0 Å². The van der Waals surface area contributed by atoms with E-state index in [-0.39, 0.29) is 22.5 Å². The SMILES string of the molecule is CCCNC(=O)NN=CNC(=O)c1nc(Cl)c(N)nc1N. The second-order valence-corrected chi connectivity index (χ2v) is 4.09. The van der Waals surface area contributed by atoms with Gasteiger partial charge in [-0.2, -0.15) is 5.10 Å². The number of carbonyl (C=O) groups excluding carboxylic acids is 2. The van der Waals surface area contributed by atoms with Crippen LogP contribution < -0.4 is 27.5 Å². The highest BCUT2D eigenvalue weighted by Gasteiger charge is 2.14. The summed E-state index contributed by atoms with van der Waals surface area (Å²) in [4.78, 5) is 30.2. The van der Waals surface area contributed by atoms with Crippen molar-refractivity contribution < 1.29 is 9.59 Å². The summed E-state index contributed by atoms with van der Waals surface area (Å²) < 4.78 is 0. The average Bonchev–Trinajstić information content (AvgIpc) is 2.45. The Bertz CT molecular complexity index is 562. The first kappa shape index (κ1) is 16.4. The molecular formula is C10H15ClN8O2. The Morgan fingerprint density at radius 2 is 2.05 bits per heavy atom. The quantitative estimate of drug-likeness (QED) is 0.284. The Labute approximate surface area is 125 Å². The molecule has 10 nitrogen and oxygen atoms in total. The number of hydrogen-bond acceptors (Lipinski definition) is 7. The zero-order chi connectivity index (χ0) is 15.8. The van der Waals surface area contributed by atoms with Crippen LogP contribution in [0.5, 0.6) is 0 Å². The van der Waals surface area contributed by atoms with E-state index >= 15 is 0 Å². The van der Waals surface area contributed by atoms with Gasteiger partial charge in [-0.05, 0) is 6.42 Å². The summed E-state index contributed by atoms with van der Waals surface area (Å²) in [6.45, 7) is 2.43. The number of aromatic nitrogens is 2. The molecule has 0 aromatic carbocycles. The summed E-state index contributed by atoms with van der Waals surface area (Å²) in [5.74, 6) is -0.938. The van der Waals surface area contributed by atoms with E-state index in [9.17, 15) is 9.59 Å². The van der Waals surface area contributed by atoms with Crippen molar-refractivity contribution in [1.29, 1.82) is 0 Å². The summed E-state index contributed by atoms with van der Waals surface area (Å²) in [7, 11) is 0. The van der Waals surface area contributed by atoms with E-state index in [0.717, 1.165) is 12.8 Å². The van der Waals surface area contributed by atoms with E-state index < -0.39 is 11.9 Å². The Hall–Kier alpha value is -2.62. The second-order valence-electron chi connectivity index (χ2n) is 3.73. The third kappa shape index (κ3) is 5.10. The number of amides is 3. The molecule has 7 N–H and O–H groups in total. The molecule has 0 saturated carbocycles. The topological polar surface area (TPSA) is 160 Å². The van der Waals surface area contributed by atoms with Crippen molar-refractivity contribution in [2.24, 2.45) is 5.10 Å². The Kier molecular flexibility index (Phi) is 6.14. The number of nitrogen functional groups attached to an aromatic ring is 2. The summed E-state index contributed by atoms with van der Waals surface area (Å²) in [5, 5.41) is 8.13. The van der Waals surface area contributed by atoms with Gasteiger partial charge in [0.05, 0.1) is 0 Å². The van der Waals surface area contributed by atoms with Crippen LogP contribution in [0.15, 0.2) is 5.10 Å². The molecule has 0 fully saturated rings. The zero-order valence-electron chi connectivity index (χ0n) is 11.2. The summed E-state index contributed by atoms with van der Waals surface area (Å²) in [6, 6.07) is -0.489. The lowest BCUT2D eigenvalue weighted by atomic mass is 10.4. The molecule has 3 amide bonds. The van der Waals surface area contributed by atoms with Gasteiger partial charge in [0.2, 0.25) is 0 Å². The molecule has 0 atom stereocenters. The lowest BCUT2D eigenvalue weighted by molar-refractivity contribution is 0.0974. The smallest absolute Gasteiger partial charge is 0.335 e. The molecule has 0 saturated heterocycles. The van der Waals surface area contributed by atoms with Gasteiger partial charge < -0.3 is 22.1 Å². The molecule has 1 rings (SSSR count). The van der Waals surface area contributed by atoms with Gasteiger partial charge in [0.15, 0.2) is 22.5 Å². The van der Waals surface area contributed by atoms with Crippen LogP contribution in [-0.2, 0) is 0 Å². The molecule has 0 spiro atoms. The monoisotopic (exact) mass is 314 g/mol. The number of anilines is 2. The van der Waals surface area contributed by atoms with Crippen LogP contribution in [0.25, 0.3) is 0 Å². The maximum atomic E-state index is 11.7. The van der Waals surface area contributed by atoms with Crippen molar-refractivity contribution in [2.75, 3.05) is 18.0 Å². The number of carbonyl (C=O) groups is 2. The number of hydrogen-bond donors (Lipinski definition) is 5. The number of halogens is 1. The first-order valence-electron chi connectivity index (χ1n) is 5.90. The second kappa shape index (κ2) is 7.85. The lowest BCUT2D eigenvalue weighted by Gasteiger charge is -2.05. The van der Waals surface area contributed by atoms with Gasteiger partial charge in [-0.25, -0.2) is 20.2 Å². The molecule has 1 aromatic heterocycles. The highest BCUT2D eigenvalue weighted by atomic mass is 35.5. The van der Waals surface area contributed by atoms with Crippen molar-refractivity contribution in [3.05, 3.63) is 10.8 Å². The van der Waals surface area contributed by atoms with Crippen LogP contribution in [0.1, 0.15) is 23.8 Å². The predicted octanol–water partition coefficient (Wildman–Crippen LogP) is -0.323. The minimum atomic E-state index is -0.693. The van der Waals surface area contributed by atoms with Crippen molar-refractivity contribution in [1.82, 2.24) is 26.0 Å². The lowest BCUT2D eigenvalue weighted by Crippen LogP contribution is -2.34. The largest absolute Gasteiger partial charge is 0.382 e. The molecular weight excluding hydrogens is 300 g/mol. The van der Waals surface area contributed by atoms with Crippen molar-refractivity contribution in [3.8, 4) is 0 Å². The van der Waals surface area contributed by atoms with Gasteiger partial charge in [0, 0.05) is 6.54 Å². The maximum absolute atomic E-state index is 11.7. The Morgan fingerprint density at radius 3 is 2.71 bits per heavy atom. The fourth-order valence-electron chi connectivity index (χ4n) is 1.14. The molecule has 1 aromatic rings. The van der Waals surface area contributed by atoms with Crippen LogP contribution in [0.3, 0.4) is 0 Å². The maximum Gasteiger partial charge on any atom is 0.335 e. The van der Waals surface area contributed by atoms with Crippen molar-refractivity contribution in [3.63, 3.8) is 0 Å². The molecule has 0 aliphatic rings. The molecule has 1 heterocycles. The molecule has 0 bridgehead atoms. The van der Waals surface area contributed by atoms with Gasteiger partial charge >= 0.3 is 6.03 Å². The van der Waals surface area contributed by atoms with E-state index in [1.807, 2.05) is 6.92 Å². The van der Waals surface area contributed by atoms with E-state index in [2.05, 4.69) is 31.1 Å². The molecule has 114 valence electrons. The van der Waals surface area contributed by atoms with Crippen LogP contribution >= 0.6 is 11.6 Å². The molecule has 0 radical (unpaired) electrons. The number of urea groups is 1. The molecule has 0 aliphatic carbocycles. The van der Waals surface area contributed by atoms with Gasteiger partial charge in [0.25, 0.3) is 5.91 Å². The zero-order valence-corrected chi connectivity index (χ0v) is 11.9. The molecule has 0 unspecified atom stereocenters. The van der Waals surface area contributed by atoms with Gasteiger partial charge in [0.1, 0.15) is 6.34 Å². The fraction of sp³-hybridized carbons (Fsp3) is 0.300. The van der Waals surface area contributed by atoms with E-state index in [1.165, 1.54) is 0 Å². The van der Waals surface area contributed by atoms with E-state index in [0.29, 0.717) is 6.54 Å². The highest BCUT2D eigenvalue weighted by molar-refractivity contribution is 6.31.